The number of hydrogen-bond acceptors (Lipinski definition) is 5. The van der Waals surface area contributed by atoms with E-state index in [1.807, 2.05) is 16.8 Å². The Morgan fingerprint density at radius 2 is 2.00 bits per heavy atom. The first-order chi connectivity index (χ1) is 12.8. The molecular formula is C20H26N4O2. The first-order valence-corrected chi connectivity index (χ1v) is 9.84. The predicted molar refractivity (Wildman–Crippen MR) is 98.0 cm³/mol. The molecule has 1 aromatic carbocycles. The maximum atomic E-state index is 5.55. The Morgan fingerprint density at radius 3 is 2.85 bits per heavy atom. The van der Waals surface area contributed by atoms with Gasteiger partial charge in [0.05, 0.1) is 5.69 Å². The predicted octanol–water partition coefficient (Wildman–Crippen LogP) is 3.29. The van der Waals surface area contributed by atoms with Gasteiger partial charge in [-0.25, -0.2) is 9.67 Å². The molecule has 5 rings (SSSR count). The number of aryl methyl sites for hydroxylation is 1. The SMILES string of the molecule is CN1CCCC[C@@H]1CCc1nc(C2CC2)nn1-c1ccc2c(c1)OCO2. The van der Waals surface area contributed by atoms with E-state index < -0.39 is 0 Å². The maximum Gasteiger partial charge on any atom is 0.231 e. The molecular weight excluding hydrogens is 328 g/mol. The molecule has 1 saturated heterocycles. The van der Waals surface area contributed by atoms with Crippen LogP contribution in [0.3, 0.4) is 0 Å². The zero-order valence-electron chi connectivity index (χ0n) is 15.4. The third-order valence-corrected chi connectivity index (χ3v) is 5.86. The average molecular weight is 354 g/mol. The van der Waals surface area contributed by atoms with Gasteiger partial charge in [-0.1, -0.05) is 6.42 Å². The molecule has 26 heavy (non-hydrogen) atoms. The molecule has 0 radical (unpaired) electrons. The Labute approximate surface area is 154 Å². The Bertz CT molecular complexity index is 799. The molecule has 3 aliphatic rings. The highest BCUT2D eigenvalue weighted by atomic mass is 16.7. The molecule has 1 saturated carbocycles. The molecule has 1 aromatic heterocycles. The molecule has 3 heterocycles. The van der Waals surface area contributed by atoms with E-state index in [0.717, 1.165) is 41.7 Å². The minimum Gasteiger partial charge on any atom is -0.454 e. The first kappa shape index (κ1) is 16.1. The lowest BCUT2D eigenvalue weighted by molar-refractivity contribution is 0.174. The highest BCUT2D eigenvalue weighted by Crippen LogP contribution is 2.39. The molecule has 6 heteroatoms. The van der Waals surface area contributed by atoms with E-state index in [4.69, 9.17) is 19.6 Å². The fourth-order valence-electron chi connectivity index (χ4n) is 4.07. The van der Waals surface area contributed by atoms with Crippen molar-refractivity contribution in [2.24, 2.45) is 0 Å². The van der Waals surface area contributed by atoms with Crippen molar-refractivity contribution < 1.29 is 9.47 Å². The van der Waals surface area contributed by atoms with E-state index in [1.165, 1.54) is 38.6 Å². The zero-order valence-corrected chi connectivity index (χ0v) is 15.4. The molecule has 2 aromatic rings. The molecule has 0 N–H and O–H groups in total. The van der Waals surface area contributed by atoms with Gasteiger partial charge < -0.3 is 14.4 Å². The molecule has 0 unspecified atom stereocenters. The van der Waals surface area contributed by atoms with E-state index in [9.17, 15) is 0 Å². The summed E-state index contributed by atoms with van der Waals surface area (Å²) in [7, 11) is 2.25. The lowest BCUT2D eigenvalue weighted by atomic mass is 9.98. The number of nitrogens with zero attached hydrogens (tertiary/aromatic N) is 4. The standard InChI is InChI=1S/C20H26N4O2/c1-23-11-3-2-4-15(23)8-10-19-21-20(14-5-6-14)22-24(19)16-7-9-17-18(12-16)26-13-25-17/h7,9,12,14-15H,2-6,8,10-11,13H2,1H3/t15-/m1/s1. The molecule has 1 aliphatic carbocycles. The molecule has 0 bridgehead atoms. The number of piperidine rings is 1. The van der Waals surface area contributed by atoms with Crippen molar-refractivity contribution >= 4 is 0 Å². The van der Waals surface area contributed by atoms with Gasteiger partial charge in [0.2, 0.25) is 6.79 Å². The summed E-state index contributed by atoms with van der Waals surface area (Å²) in [5.41, 5.74) is 1.01. The monoisotopic (exact) mass is 354 g/mol. The van der Waals surface area contributed by atoms with Gasteiger partial charge in [-0.15, -0.1) is 0 Å². The Balaban J connectivity index is 1.41. The van der Waals surface area contributed by atoms with Crippen LogP contribution in [0.4, 0.5) is 0 Å². The molecule has 6 nitrogen and oxygen atoms in total. The number of likely N-dealkylation sites (tertiary alicyclic amines) is 1. The topological polar surface area (TPSA) is 52.4 Å². The van der Waals surface area contributed by atoms with Crippen LogP contribution in [-0.2, 0) is 6.42 Å². The third-order valence-electron chi connectivity index (χ3n) is 5.86. The number of ether oxygens (including phenoxy) is 2. The summed E-state index contributed by atoms with van der Waals surface area (Å²) in [6.45, 7) is 1.51. The second-order valence-electron chi connectivity index (χ2n) is 7.78. The summed E-state index contributed by atoms with van der Waals surface area (Å²) in [6, 6.07) is 6.70. The Morgan fingerprint density at radius 1 is 1.12 bits per heavy atom. The van der Waals surface area contributed by atoms with Gasteiger partial charge in [0.1, 0.15) is 5.82 Å². The normalized spacial score (nSPS) is 22.7. The fraction of sp³-hybridized carbons (Fsp3) is 0.600. The summed E-state index contributed by atoms with van der Waals surface area (Å²) < 4.78 is 13.0. The highest BCUT2D eigenvalue weighted by molar-refractivity contribution is 5.50. The molecule has 138 valence electrons. The van der Waals surface area contributed by atoms with Crippen LogP contribution in [-0.4, -0.2) is 46.1 Å². The van der Waals surface area contributed by atoms with Crippen molar-refractivity contribution in [3.8, 4) is 17.2 Å². The summed E-state index contributed by atoms with van der Waals surface area (Å²) in [5.74, 6) is 4.24. The van der Waals surface area contributed by atoms with Crippen LogP contribution in [0.15, 0.2) is 18.2 Å². The maximum absolute atomic E-state index is 5.55. The lowest BCUT2D eigenvalue weighted by Crippen LogP contribution is -2.36. The van der Waals surface area contributed by atoms with Crippen molar-refractivity contribution in [3.05, 3.63) is 29.8 Å². The van der Waals surface area contributed by atoms with E-state index in [1.54, 1.807) is 0 Å². The minimum atomic E-state index is 0.296. The van der Waals surface area contributed by atoms with Gasteiger partial charge in [-0.2, -0.15) is 5.10 Å². The second kappa shape index (κ2) is 6.58. The lowest BCUT2D eigenvalue weighted by Gasteiger charge is -2.32. The van der Waals surface area contributed by atoms with Crippen molar-refractivity contribution in [2.45, 2.75) is 56.9 Å². The molecule has 1 atom stereocenters. The van der Waals surface area contributed by atoms with Crippen LogP contribution >= 0.6 is 0 Å². The summed E-state index contributed by atoms with van der Waals surface area (Å²) in [5, 5.41) is 4.85. The largest absolute Gasteiger partial charge is 0.454 e. The van der Waals surface area contributed by atoms with Gasteiger partial charge in [-0.05, 0) is 57.8 Å². The van der Waals surface area contributed by atoms with E-state index in [-0.39, 0.29) is 0 Å². The quantitative estimate of drug-likeness (QED) is 0.825. The van der Waals surface area contributed by atoms with Crippen LogP contribution in [0.1, 0.15) is 56.1 Å². The van der Waals surface area contributed by atoms with Crippen LogP contribution < -0.4 is 9.47 Å². The van der Waals surface area contributed by atoms with E-state index >= 15 is 0 Å². The van der Waals surface area contributed by atoms with E-state index in [0.29, 0.717) is 18.8 Å². The zero-order chi connectivity index (χ0) is 17.5. The van der Waals surface area contributed by atoms with Crippen LogP contribution in [0, 0.1) is 0 Å². The van der Waals surface area contributed by atoms with Gasteiger partial charge in [0, 0.05) is 24.4 Å². The summed E-state index contributed by atoms with van der Waals surface area (Å²) >= 11 is 0. The fourth-order valence-corrected chi connectivity index (χ4v) is 4.07. The van der Waals surface area contributed by atoms with Crippen LogP contribution in [0.2, 0.25) is 0 Å². The van der Waals surface area contributed by atoms with Crippen molar-refractivity contribution in [1.29, 1.82) is 0 Å². The molecule has 2 aliphatic heterocycles. The van der Waals surface area contributed by atoms with E-state index in [2.05, 4.69) is 18.0 Å². The van der Waals surface area contributed by atoms with Crippen molar-refractivity contribution in [3.63, 3.8) is 0 Å². The number of aromatic nitrogens is 3. The first-order valence-electron chi connectivity index (χ1n) is 9.84. The average Bonchev–Trinajstić information content (AvgIpc) is 3.25. The van der Waals surface area contributed by atoms with Gasteiger partial charge in [0.15, 0.2) is 17.3 Å². The second-order valence-corrected chi connectivity index (χ2v) is 7.78. The number of fused-ring (bicyclic) bond motifs is 1. The number of hydrogen-bond donors (Lipinski definition) is 0. The summed E-state index contributed by atoms with van der Waals surface area (Å²) in [6.07, 6.45) is 8.51. The molecule has 0 amide bonds. The van der Waals surface area contributed by atoms with Crippen LogP contribution in [0.25, 0.3) is 5.69 Å². The third kappa shape index (κ3) is 3.07. The van der Waals surface area contributed by atoms with Gasteiger partial charge in [0.25, 0.3) is 0 Å². The summed E-state index contributed by atoms with van der Waals surface area (Å²) in [4.78, 5) is 7.42. The minimum absolute atomic E-state index is 0.296. The Kier molecular flexibility index (Phi) is 4.08. The molecule has 2 fully saturated rings. The van der Waals surface area contributed by atoms with Gasteiger partial charge in [-0.3, -0.25) is 0 Å². The number of benzene rings is 1. The van der Waals surface area contributed by atoms with Crippen molar-refractivity contribution in [2.75, 3.05) is 20.4 Å². The molecule has 0 spiro atoms. The van der Waals surface area contributed by atoms with Crippen LogP contribution in [0.5, 0.6) is 11.5 Å². The highest BCUT2D eigenvalue weighted by Gasteiger charge is 2.30. The van der Waals surface area contributed by atoms with Crippen molar-refractivity contribution in [1.82, 2.24) is 19.7 Å². The smallest absolute Gasteiger partial charge is 0.231 e. The van der Waals surface area contributed by atoms with Gasteiger partial charge >= 0.3 is 0 Å². The number of rotatable bonds is 5. The Hall–Kier alpha value is -2.08.